The monoisotopic (exact) mass is 613 g/mol. The highest BCUT2D eigenvalue weighted by Gasteiger charge is 2.09. The summed E-state index contributed by atoms with van der Waals surface area (Å²) >= 11 is 0. The zero-order valence-electron chi connectivity index (χ0n) is 30.2. The summed E-state index contributed by atoms with van der Waals surface area (Å²) in [6.45, 7) is 30.4. The summed E-state index contributed by atoms with van der Waals surface area (Å²) in [7, 11) is 1.46. The maximum Gasteiger partial charge on any atom is 0.165 e. The fraction of sp³-hybridized carbons (Fsp3) is 0.462. The zero-order valence-corrected chi connectivity index (χ0v) is 30.2. The summed E-state index contributed by atoms with van der Waals surface area (Å²) in [5.41, 5.74) is 11.7. The molecule has 0 bridgehead atoms. The maximum absolute atomic E-state index is 13.2. The average molecular weight is 614 g/mol. The third-order valence-corrected chi connectivity index (χ3v) is 6.02. The molecule has 44 heavy (non-hydrogen) atoms. The summed E-state index contributed by atoms with van der Waals surface area (Å²) in [5, 5.41) is 9.13. The number of hydrogen-bond donors (Lipinski definition) is 2. The second-order valence-corrected chi connectivity index (χ2v) is 9.84. The quantitative estimate of drug-likeness (QED) is 0.176. The van der Waals surface area contributed by atoms with Gasteiger partial charge in [0, 0.05) is 11.6 Å². The summed E-state index contributed by atoms with van der Waals surface area (Å²) < 4.78 is 18.0. The smallest absolute Gasteiger partial charge is 0.165 e. The topological polar surface area (TPSA) is 72.5 Å². The van der Waals surface area contributed by atoms with Gasteiger partial charge in [-0.2, -0.15) is 0 Å². The fourth-order valence-electron chi connectivity index (χ4n) is 3.12. The van der Waals surface area contributed by atoms with E-state index in [1.54, 1.807) is 19.1 Å². The van der Waals surface area contributed by atoms with E-state index in [1.165, 1.54) is 18.7 Å². The van der Waals surface area contributed by atoms with Crippen molar-refractivity contribution in [3.8, 4) is 5.75 Å². The van der Waals surface area contributed by atoms with Crippen LogP contribution in [0.1, 0.15) is 116 Å². The van der Waals surface area contributed by atoms with Crippen molar-refractivity contribution >= 4 is 11.4 Å². The molecule has 2 rings (SSSR count). The molecule has 0 spiro atoms. The number of nitrogens with two attached hydrogens (primary N) is 1. The minimum Gasteiger partial charge on any atom is -0.494 e. The van der Waals surface area contributed by atoms with E-state index in [0.29, 0.717) is 0 Å². The van der Waals surface area contributed by atoms with Crippen LogP contribution >= 0.6 is 0 Å². The maximum atomic E-state index is 13.2. The highest BCUT2D eigenvalue weighted by atomic mass is 19.1. The van der Waals surface area contributed by atoms with Crippen molar-refractivity contribution in [1.29, 1.82) is 0 Å². The van der Waals surface area contributed by atoms with Crippen LogP contribution < -0.4 is 10.5 Å². The first kappa shape index (κ1) is 47.6. The molecule has 5 heteroatoms. The molecule has 2 atom stereocenters. The third-order valence-electron chi connectivity index (χ3n) is 6.02. The van der Waals surface area contributed by atoms with Crippen molar-refractivity contribution in [1.82, 2.24) is 0 Å². The van der Waals surface area contributed by atoms with Crippen LogP contribution in [0.4, 0.5) is 4.39 Å². The van der Waals surface area contributed by atoms with Crippen LogP contribution in [0.2, 0.25) is 0 Å². The van der Waals surface area contributed by atoms with E-state index in [1.807, 2.05) is 112 Å². The van der Waals surface area contributed by atoms with Crippen LogP contribution in [0.25, 0.3) is 5.57 Å². The molecule has 0 radical (unpaired) electrons. The average Bonchev–Trinajstić information content (AvgIpc) is 3.02. The Bertz CT molecular complexity index is 1100. The Kier molecular flexibility index (Phi) is 33.7. The zero-order chi connectivity index (χ0) is 35.3. The van der Waals surface area contributed by atoms with Gasteiger partial charge in [-0.25, -0.2) is 4.39 Å². The molecule has 0 aliphatic rings. The molecule has 0 aliphatic carbocycles. The highest BCUT2D eigenvalue weighted by molar-refractivity contribution is 5.95. The van der Waals surface area contributed by atoms with E-state index in [9.17, 15) is 9.18 Å². The number of carbonyl (C=O) groups is 1. The fourth-order valence-corrected chi connectivity index (χ4v) is 3.12. The highest BCUT2D eigenvalue weighted by Crippen LogP contribution is 2.22. The number of benzene rings is 2. The van der Waals surface area contributed by atoms with E-state index >= 15 is 0 Å². The number of aliphatic hydroxyl groups excluding tert-OH is 1. The Labute approximate surface area is 270 Å². The molecule has 2 unspecified atom stereocenters. The number of aliphatic hydroxyl groups is 1. The van der Waals surface area contributed by atoms with Crippen molar-refractivity contribution in [2.24, 2.45) is 5.73 Å². The van der Waals surface area contributed by atoms with Crippen LogP contribution in [0.3, 0.4) is 0 Å². The Morgan fingerprint density at radius 2 is 1.55 bits per heavy atom. The van der Waals surface area contributed by atoms with Crippen LogP contribution in [-0.2, 0) is 0 Å². The van der Waals surface area contributed by atoms with Gasteiger partial charge >= 0.3 is 0 Å². The van der Waals surface area contributed by atoms with Gasteiger partial charge in [0.05, 0.1) is 13.2 Å². The predicted octanol–water partition coefficient (Wildman–Crippen LogP) is 11.0. The van der Waals surface area contributed by atoms with Gasteiger partial charge in [-0.1, -0.05) is 107 Å². The number of carbonyl (C=O) groups excluding carboxylic acids is 1. The van der Waals surface area contributed by atoms with Crippen molar-refractivity contribution in [3.05, 3.63) is 108 Å². The van der Waals surface area contributed by atoms with Crippen LogP contribution in [0.5, 0.6) is 5.75 Å². The number of Topliss-reactive ketones (excluding diaryl/α,β-unsaturated/α-hetero) is 1. The molecular formula is C39H64FNO3. The third kappa shape index (κ3) is 25.2. The number of halogens is 1. The van der Waals surface area contributed by atoms with Crippen molar-refractivity contribution in [3.63, 3.8) is 0 Å². The first-order chi connectivity index (χ1) is 20.7. The lowest BCUT2D eigenvalue weighted by Gasteiger charge is -2.15. The van der Waals surface area contributed by atoms with Crippen molar-refractivity contribution in [2.45, 2.75) is 114 Å². The molecule has 0 saturated heterocycles. The van der Waals surface area contributed by atoms with Gasteiger partial charge in [-0.05, 0) is 97.1 Å². The lowest BCUT2D eigenvalue weighted by molar-refractivity contribution is 0.101. The Hall–Kier alpha value is -3.28. The molecule has 0 fully saturated rings. The van der Waals surface area contributed by atoms with E-state index < -0.39 is 0 Å². The number of ketones is 1. The normalized spacial score (nSPS) is 11.1. The second-order valence-electron chi connectivity index (χ2n) is 9.84. The van der Waals surface area contributed by atoms with E-state index in [2.05, 4.69) is 20.1 Å². The predicted molar refractivity (Wildman–Crippen MR) is 194 cm³/mol. The van der Waals surface area contributed by atoms with Gasteiger partial charge < -0.3 is 15.6 Å². The number of rotatable bonds is 8. The van der Waals surface area contributed by atoms with E-state index in [4.69, 9.17) is 15.6 Å². The summed E-state index contributed by atoms with van der Waals surface area (Å²) in [4.78, 5) is 11.0. The van der Waals surface area contributed by atoms with Crippen molar-refractivity contribution < 1.29 is 19.0 Å². The van der Waals surface area contributed by atoms with E-state index in [0.717, 1.165) is 47.1 Å². The number of methoxy groups -OCH3 is 1. The van der Waals surface area contributed by atoms with Gasteiger partial charge in [-0.3, -0.25) is 4.79 Å². The number of hydrogen-bond acceptors (Lipinski definition) is 4. The molecule has 250 valence electrons. The molecule has 0 aliphatic heterocycles. The Balaban J connectivity index is -0.000000237. The molecule has 2 aromatic carbocycles. The lowest BCUT2D eigenvalue weighted by Crippen LogP contribution is -2.33. The van der Waals surface area contributed by atoms with Gasteiger partial charge in [0.1, 0.15) is 0 Å². The Morgan fingerprint density at radius 1 is 1.02 bits per heavy atom. The van der Waals surface area contributed by atoms with Gasteiger partial charge in [0.2, 0.25) is 0 Å². The summed E-state index contributed by atoms with van der Waals surface area (Å²) in [6.07, 6.45) is 10.1. The van der Waals surface area contributed by atoms with Crippen molar-refractivity contribution in [2.75, 3.05) is 7.11 Å². The first-order valence-corrected chi connectivity index (χ1v) is 15.5. The van der Waals surface area contributed by atoms with Crippen LogP contribution in [0.15, 0.2) is 79.4 Å². The minimum atomic E-state index is -0.318. The Morgan fingerprint density at radius 3 is 1.86 bits per heavy atom. The second kappa shape index (κ2) is 31.2. The lowest BCUT2D eigenvalue weighted by atomic mass is 10.0. The molecule has 3 N–H and O–H groups in total. The van der Waals surface area contributed by atoms with Gasteiger partial charge in [0.25, 0.3) is 0 Å². The molecule has 0 saturated carbocycles. The standard InChI is InChI=1S/C11H13FO.C10H12O.C7H17NO.C5H8.C4H8.C2H6/c1-4-8(2)9-5-6-11(13-3)10(12)7-9;1-7-4-5-10(9(3)11)8(2)6-7;1-3-5-6(8)7(9)4-2;1-4-5(2)3;1-3-4-2;1-2/h4-7H,1-3H3;4-6H,1-3H3;6-7,9H,3-5,8H2,1-2H3;4H,1-2H2,3H3;3-4H,1-2H3;1-2H3/b8-4+;;;;4-3-;. The molecule has 2 aromatic rings. The van der Waals surface area contributed by atoms with Gasteiger partial charge in [-0.15, -0.1) is 0 Å². The first-order valence-electron chi connectivity index (χ1n) is 15.5. The van der Waals surface area contributed by atoms with Crippen LogP contribution in [-0.4, -0.2) is 30.1 Å². The number of ether oxygens (including phenoxy) is 1. The van der Waals surface area contributed by atoms with Crippen LogP contribution in [0, 0.1) is 19.7 Å². The molecule has 4 nitrogen and oxygen atoms in total. The SMILES string of the molecule is C/C=C(\C)c1ccc(OC)c(F)c1.C/C=C\C.C=CC(=C)C.CC.CC(=O)c1ccc(C)cc1C.CCCC(N)C(O)CC. The number of allylic oxidation sites excluding steroid dienone is 6. The molecule has 0 amide bonds. The largest absolute Gasteiger partial charge is 0.494 e. The summed E-state index contributed by atoms with van der Waals surface area (Å²) in [5.74, 6) is 0.108. The minimum absolute atomic E-state index is 0.0139. The molecular weight excluding hydrogens is 549 g/mol. The molecule has 0 heterocycles. The summed E-state index contributed by atoms with van der Waals surface area (Å²) in [6, 6.07) is 10.8. The van der Waals surface area contributed by atoms with Gasteiger partial charge in [0.15, 0.2) is 17.3 Å². The molecule has 0 aromatic heterocycles. The van der Waals surface area contributed by atoms with E-state index in [-0.39, 0.29) is 29.5 Å². The number of aryl methyl sites for hydroxylation is 2.